The van der Waals surface area contributed by atoms with Gasteiger partial charge in [0.2, 0.25) is 0 Å². The lowest BCUT2D eigenvalue weighted by Gasteiger charge is -2.07. The first-order chi connectivity index (χ1) is 10.9. The smallest absolute Gasteiger partial charge is 0.158 e. The van der Waals surface area contributed by atoms with E-state index in [1.54, 1.807) is 30.3 Å². The highest BCUT2D eigenvalue weighted by Gasteiger charge is 2.15. The molecule has 0 spiro atoms. The Morgan fingerprint density at radius 1 is 1.17 bits per heavy atom. The predicted molar refractivity (Wildman–Crippen MR) is 99.6 cm³/mol. The average Bonchev–Trinajstić information content (AvgIpc) is 2.53. The van der Waals surface area contributed by atoms with Gasteiger partial charge in [-0.05, 0) is 64.0 Å². The molecule has 1 unspecified atom stereocenters. The average molecular weight is 460 g/mol. The van der Waals surface area contributed by atoms with Gasteiger partial charge in [0.25, 0.3) is 0 Å². The summed E-state index contributed by atoms with van der Waals surface area (Å²) in [5, 5.41) is 28.8. The van der Waals surface area contributed by atoms with Gasteiger partial charge in [-0.15, -0.1) is 0 Å². The Bertz CT molecular complexity index is 828. The van der Waals surface area contributed by atoms with Gasteiger partial charge in [0.05, 0.1) is 16.6 Å². The van der Waals surface area contributed by atoms with Gasteiger partial charge in [-0.3, -0.25) is 4.21 Å². The third-order valence-corrected chi connectivity index (χ3v) is 6.09. The number of nitrogens with zero attached hydrogens (tertiary/aromatic N) is 1. The van der Waals surface area contributed by atoms with Gasteiger partial charge in [0.1, 0.15) is 11.0 Å². The highest BCUT2D eigenvalue weighted by Crippen LogP contribution is 2.34. The van der Waals surface area contributed by atoms with Crippen molar-refractivity contribution in [2.45, 2.75) is 5.75 Å². The first-order valence-corrected chi connectivity index (χ1v) is 9.15. The van der Waals surface area contributed by atoms with Gasteiger partial charge in [-0.1, -0.05) is 23.7 Å². The molecule has 0 saturated heterocycles. The van der Waals surface area contributed by atoms with Gasteiger partial charge in [-0.2, -0.15) is 5.26 Å². The molecule has 0 radical (unpaired) electrons. The van der Waals surface area contributed by atoms with E-state index in [0.29, 0.717) is 14.2 Å². The molecule has 118 valence electrons. The van der Waals surface area contributed by atoms with Crippen LogP contribution < -0.4 is 0 Å². The van der Waals surface area contributed by atoms with Gasteiger partial charge in [0, 0.05) is 8.60 Å². The molecule has 1 atom stereocenters. The fourth-order valence-electron chi connectivity index (χ4n) is 1.80. The van der Waals surface area contributed by atoms with E-state index in [1.807, 2.05) is 28.7 Å². The maximum absolute atomic E-state index is 12.5. The Hall–Kier alpha value is -1.56. The summed E-state index contributed by atoms with van der Waals surface area (Å²) in [5.74, 6) is -0.354. The molecular formula is C16H11ClINO3S. The van der Waals surface area contributed by atoms with Crippen LogP contribution in [0.15, 0.2) is 47.4 Å². The van der Waals surface area contributed by atoms with Gasteiger partial charge in [0.15, 0.2) is 11.5 Å². The predicted octanol–water partition coefficient (Wildman–Crippen LogP) is 4.33. The van der Waals surface area contributed by atoms with E-state index < -0.39 is 10.8 Å². The van der Waals surface area contributed by atoms with E-state index in [2.05, 4.69) is 0 Å². The van der Waals surface area contributed by atoms with Crippen molar-refractivity contribution in [1.29, 1.82) is 5.26 Å². The molecule has 0 aliphatic rings. The molecular weight excluding hydrogens is 449 g/mol. The number of aromatic hydroxyl groups is 2. The molecule has 0 aliphatic carbocycles. The molecule has 2 aromatic carbocycles. The summed E-state index contributed by atoms with van der Waals surface area (Å²) in [5.41, 5.74) is 1.32. The Balaban J connectivity index is 2.32. The minimum Gasteiger partial charge on any atom is -0.504 e. The summed E-state index contributed by atoms with van der Waals surface area (Å²) in [6.07, 6.45) is 0. The van der Waals surface area contributed by atoms with Crippen LogP contribution in [0.3, 0.4) is 0 Å². The molecule has 0 heterocycles. The largest absolute Gasteiger partial charge is 0.504 e. The fourth-order valence-corrected chi connectivity index (χ4v) is 4.17. The highest BCUT2D eigenvalue weighted by molar-refractivity contribution is 14.1. The lowest BCUT2D eigenvalue weighted by molar-refractivity contribution is 0.403. The van der Waals surface area contributed by atoms with Gasteiger partial charge < -0.3 is 10.2 Å². The van der Waals surface area contributed by atoms with Crippen molar-refractivity contribution >= 4 is 48.6 Å². The van der Waals surface area contributed by atoms with Crippen LogP contribution in [0.2, 0.25) is 5.02 Å². The van der Waals surface area contributed by atoms with E-state index in [4.69, 9.17) is 11.6 Å². The van der Waals surface area contributed by atoms with Gasteiger partial charge >= 0.3 is 0 Å². The number of hydrogen-bond donors (Lipinski definition) is 2. The molecule has 0 amide bonds. The van der Waals surface area contributed by atoms with Crippen molar-refractivity contribution in [2.75, 3.05) is 0 Å². The second-order valence-electron chi connectivity index (χ2n) is 4.57. The molecule has 2 rings (SSSR count). The Morgan fingerprint density at radius 3 is 2.39 bits per heavy atom. The van der Waals surface area contributed by atoms with Crippen molar-refractivity contribution < 1.29 is 14.4 Å². The summed E-state index contributed by atoms with van der Waals surface area (Å²) in [6, 6.07) is 13.1. The van der Waals surface area contributed by atoms with Crippen molar-refractivity contribution in [3.05, 3.63) is 63.5 Å². The molecule has 23 heavy (non-hydrogen) atoms. The van der Waals surface area contributed by atoms with E-state index in [1.165, 1.54) is 12.1 Å². The summed E-state index contributed by atoms with van der Waals surface area (Å²) in [6.45, 7) is 0. The first kappa shape index (κ1) is 17.8. The SMILES string of the molecule is N#CC(=C(I)c1ccc(O)c(O)c1)S(=O)Cc1ccc(Cl)cc1. The van der Waals surface area contributed by atoms with Crippen molar-refractivity contribution in [3.63, 3.8) is 0 Å². The minimum absolute atomic E-state index is 0.116. The molecule has 0 aliphatic heterocycles. The van der Waals surface area contributed by atoms with Crippen LogP contribution in [0.1, 0.15) is 11.1 Å². The number of rotatable bonds is 4. The van der Waals surface area contributed by atoms with Crippen molar-refractivity contribution in [3.8, 4) is 17.6 Å². The van der Waals surface area contributed by atoms with Crippen LogP contribution in [0, 0.1) is 11.3 Å². The Kier molecular flexibility index (Phi) is 6.04. The van der Waals surface area contributed by atoms with Crippen LogP contribution >= 0.6 is 34.2 Å². The molecule has 7 heteroatoms. The first-order valence-electron chi connectivity index (χ1n) is 6.37. The molecule has 0 aromatic heterocycles. The van der Waals surface area contributed by atoms with Crippen LogP contribution in [0.25, 0.3) is 3.58 Å². The molecule has 4 nitrogen and oxygen atoms in total. The maximum Gasteiger partial charge on any atom is 0.158 e. The minimum atomic E-state index is -1.53. The number of phenolic OH excluding ortho intramolecular Hbond substituents is 2. The van der Waals surface area contributed by atoms with Gasteiger partial charge in [-0.25, -0.2) is 0 Å². The number of halogens is 2. The number of hydrogen-bond acceptors (Lipinski definition) is 4. The summed E-state index contributed by atoms with van der Waals surface area (Å²) in [7, 11) is -1.53. The van der Waals surface area contributed by atoms with Crippen LogP contribution in [-0.2, 0) is 16.6 Å². The zero-order valence-electron chi connectivity index (χ0n) is 11.7. The number of benzene rings is 2. The normalized spacial score (nSPS) is 13.1. The molecule has 0 fully saturated rings. The van der Waals surface area contributed by atoms with E-state index in [9.17, 15) is 19.7 Å². The summed E-state index contributed by atoms with van der Waals surface area (Å²) >= 11 is 7.72. The third-order valence-electron chi connectivity index (χ3n) is 2.97. The second-order valence-corrected chi connectivity index (χ2v) is 7.48. The topological polar surface area (TPSA) is 81.3 Å². The zero-order valence-corrected chi connectivity index (χ0v) is 15.4. The maximum atomic E-state index is 12.5. The van der Waals surface area contributed by atoms with Crippen LogP contribution in [0.4, 0.5) is 0 Å². The van der Waals surface area contributed by atoms with Crippen molar-refractivity contribution in [2.24, 2.45) is 0 Å². The Morgan fingerprint density at radius 2 is 1.83 bits per heavy atom. The van der Waals surface area contributed by atoms with E-state index in [-0.39, 0.29) is 22.2 Å². The number of phenols is 2. The number of nitriles is 1. The van der Waals surface area contributed by atoms with E-state index >= 15 is 0 Å². The molecule has 2 aromatic rings. The molecule has 0 bridgehead atoms. The van der Waals surface area contributed by atoms with Crippen LogP contribution in [-0.4, -0.2) is 14.4 Å². The zero-order chi connectivity index (χ0) is 17.0. The quantitative estimate of drug-likeness (QED) is 0.405. The Labute approximate surface area is 154 Å². The monoisotopic (exact) mass is 459 g/mol. The van der Waals surface area contributed by atoms with Crippen LogP contribution in [0.5, 0.6) is 11.5 Å². The highest BCUT2D eigenvalue weighted by atomic mass is 127. The fraction of sp³-hybridized carbons (Fsp3) is 0.0625. The summed E-state index contributed by atoms with van der Waals surface area (Å²) in [4.78, 5) is 0.116. The van der Waals surface area contributed by atoms with E-state index in [0.717, 1.165) is 5.56 Å². The molecule has 0 saturated carbocycles. The van der Waals surface area contributed by atoms with Crippen molar-refractivity contribution in [1.82, 2.24) is 0 Å². The third kappa shape index (κ3) is 4.47. The second kappa shape index (κ2) is 7.81. The number of allylic oxidation sites excluding steroid dienone is 1. The lowest BCUT2D eigenvalue weighted by Crippen LogP contribution is -1.99. The summed E-state index contributed by atoms with van der Waals surface area (Å²) < 4.78 is 12.9. The molecule has 2 N–H and O–H groups in total. The lowest BCUT2D eigenvalue weighted by atomic mass is 10.2. The standard InChI is InChI=1S/C16H11ClINO3S/c17-12-4-1-10(2-5-12)9-23(22)15(8-19)16(18)11-3-6-13(20)14(21)7-11/h1-7,20-21H,9H2.